The molecule has 0 saturated heterocycles. The average Bonchev–Trinajstić information content (AvgIpc) is 2.47. The molecule has 14 heavy (non-hydrogen) atoms. The van der Waals surface area contributed by atoms with Gasteiger partial charge in [0.2, 0.25) is 11.0 Å². The third-order valence-corrected chi connectivity index (χ3v) is 1.69. The topological polar surface area (TPSA) is 151 Å². The molecular weight excluding hydrogens is 216 g/mol. The maximum absolute atomic E-state index is 10.5. The Kier molecular flexibility index (Phi) is 2.58. The lowest BCUT2D eigenvalue weighted by Gasteiger charge is -2.01. The Labute approximate surface area is 78.8 Å². The number of carbonyl (C=O) groups is 2. The molecule has 1 aromatic rings. The summed E-state index contributed by atoms with van der Waals surface area (Å²) in [6.45, 7) is 0. The Bertz CT molecular complexity index is 394. The van der Waals surface area contributed by atoms with E-state index in [0.29, 0.717) is 0 Å². The Morgan fingerprint density at radius 1 is 1.57 bits per heavy atom. The summed E-state index contributed by atoms with van der Waals surface area (Å²) < 4.78 is 20.9. The predicted molar refractivity (Wildman–Crippen MR) is 39.1 cm³/mol. The van der Waals surface area contributed by atoms with Crippen LogP contribution in [0.4, 0.5) is 4.79 Å². The monoisotopic (exact) mass is 219 g/mol. The molecule has 1 atom stereocenters. The molecule has 0 aromatic carbocycles. The number of nitrogens with two attached hydrogens (primary N) is 1. The van der Waals surface area contributed by atoms with Crippen LogP contribution in [0.5, 0.6) is 0 Å². The van der Waals surface area contributed by atoms with E-state index in [2.05, 4.69) is 10.1 Å². The SMILES string of the molecule is NC(=O)c1nc(S(=O)[O-])n(C(=O)O)n1. The van der Waals surface area contributed by atoms with Crippen LogP contribution in [-0.2, 0) is 11.1 Å². The van der Waals surface area contributed by atoms with E-state index in [9.17, 15) is 18.4 Å². The minimum atomic E-state index is -2.91. The highest BCUT2D eigenvalue weighted by Gasteiger charge is 2.18. The van der Waals surface area contributed by atoms with E-state index in [4.69, 9.17) is 10.8 Å². The molecule has 0 bridgehead atoms. The lowest BCUT2D eigenvalue weighted by atomic mass is 10.6. The van der Waals surface area contributed by atoms with Crippen molar-refractivity contribution in [2.75, 3.05) is 0 Å². The molecule has 0 radical (unpaired) electrons. The van der Waals surface area contributed by atoms with Gasteiger partial charge in [-0.15, -0.1) is 9.78 Å². The van der Waals surface area contributed by atoms with Gasteiger partial charge in [0.05, 0.1) is 0 Å². The summed E-state index contributed by atoms with van der Waals surface area (Å²) in [7, 11) is 0. The van der Waals surface area contributed by atoms with Gasteiger partial charge in [-0.3, -0.25) is 9.00 Å². The van der Waals surface area contributed by atoms with E-state index in [0.717, 1.165) is 0 Å². The van der Waals surface area contributed by atoms with Crippen molar-refractivity contribution >= 4 is 23.1 Å². The predicted octanol–water partition coefficient (Wildman–Crippen LogP) is -1.86. The number of primary amides is 1. The molecule has 1 heterocycles. The van der Waals surface area contributed by atoms with E-state index in [1.807, 2.05) is 0 Å². The summed E-state index contributed by atoms with van der Waals surface area (Å²) in [5.74, 6) is -1.79. The molecular formula is C4H3N4O5S-. The quantitative estimate of drug-likeness (QED) is 0.553. The molecule has 1 amide bonds. The molecule has 0 aliphatic rings. The summed E-state index contributed by atoms with van der Waals surface area (Å²) in [6, 6.07) is 0. The molecule has 0 fully saturated rings. The molecule has 3 N–H and O–H groups in total. The lowest BCUT2D eigenvalue weighted by Crippen LogP contribution is -2.16. The zero-order valence-corrected chi connectivity index (χ0v) is 7.22. The van der Waals surface area contributed by atoms with E-state index in [1.54, 1.807) is 0 Å². The van der Waals surface area contributed by atoms with Gasteiger partial charge in [-0.25, -0.2) is 4.79 Å². The molecule has 10 heteroatoms. The number of hydrogen-bond acceptors (Lipinski definition) is 6. The number of rotatable bonds is 2. The molecule has 1 unspecified atom stereocenters. The first-order chi connectivity index (χ1) is 6.43. The van der Waals surface area contributed by atoms with Crippen molar-refractivity contribution in [3.8, 4) is 0 Å². The Morgan fingerprint density at radius 2 is 2.14 bits per heavy atom. The van der Waals surface area contributed by atoms with Crippen molar-refractivity contribution < 1.29 is 23.5 Å². The molecule has 1 rings (SSSR count). The average molecular weight is 219 g/mol. The molecule has 0 spiro atoms. The second kappa shape index (κ2) is 3.51. The summed E-state index contributed by atoms with van der Waals surface area (Å²) in [5, 5.41) is 10.6. The van der Waals surface area contributed by atoms with Crippen molar-refractivity contribution in [3.63, 3.8) is 0 Å². The fourth-order valence-electron chi connectivity index (χ4n) is 0.635. The number of aromatic nitrogens is 3. The van der Waals surface area contributed by atoms with Gasteiger partial charge < -0.3 is 15.4 Å². The van der Waals surface area contributed by atoms with Crippen LogP contribution in [0.1, 0.15) is 10.6 Å². The zero-order chi connectivity index (χ0) is 10.9. The van der Waals surface area contributed by atoms with Gasteiger partial charge in [-0.1, -0.05) is 0 Å². The number of hydrogen-bond donors (Lipinski definition) is 2. The van der Waals surface area contributed by atoms with Crippen molar-refractivity contribution in [3.05, 3.63) is 5.82 Å². The summed E-state index contributed by atoms with van der Waals surface area (Å²) in [5.41, 5.74) is 4.73. The summed E-state index contributed by atoms with van der Waals surface area (Å²) in [4.78, 5) is 24.0. The molecule has 9 nitrogen and oxygen atoms in total. The maximum atomic E-state index is 10.5. The molecule has 0 aliphatic carbocycles. The summed E-state index contributed by atoms with van der Waals surface area (Å²) >= 11 is -2.91. The lowest BCUT2D eigenvalue weighted by molar-refractivity contribution is 0.0990. The van der Waals surface area contributed by atoms with Crippen LogP contribution in [0.3, 0.4) is 0 Å². The van der Waals surface area contributed by atoms with Gasteiger partial charge >= 0.3 is 6.09 Å². The van der Waals surface area contributed by atoms with Gasteiger partial charge in [0.1, 0.15) is 0 Å². The van der Waals surface area contributed by atoms with E-state index < -0.39 is 34.1 Å². The smallest absolute Gasteiger partial charge is 0.434 e. The second-order valence-electron chi connectivity index (χ2n) is 2.01. The van der Waals surface area contributed by atoms with Crippen LogP contribution in [0.15, 0.2) is 5.16 Å². The van der Waals surface area contributed by atoms with Gasteiger partial charge in [0.15, 0.2) is 0 Å². The van der Waals surface area contributed by atoms with Gasteiger partial charge in [-0.2, -0.15) is 4.98 Å². The second-order valence-corrected chi connectivity index (χ2v) is 2.85. The van der Waals surface area contributed by atoms with Crippen LogP contribution in [0.2, 0.25) is 0 Å². The Balaban J connectivity index is 3.33. The standard InChI is InChI=1S/C4H4N4O5S/c5-1(9)2-6-3(14(12)13)8(7-2)4(10)11/h(H2,5,9)(H,10,11)(H,12,13)/p-1. The van der Waals surface area contributed by atoms with E-state index in [1.165, 1.54) is 0 Å². The molecule has 0 aliphatic heterocycles. The number of nitrogens with zero attached hydrogens (tertiary/aromatic N) is 3. The molecule has 1 aromatic heterocycles. The van der Waals surface area contributed by atoms with E-state index >= 15 is 0 Å². The number of carbonyl (C=O) groups excluding carboxylic acids is 1. The number of carboxylic acid groups (broad SMARTS) is 1. The first-order valence-corrected chi connectivity index (χ1v) is 4.10. The highest BCUT2D eigenvalue weighted by Crippen LogP contribution is 2.01. The first kappa shape index (κ1) is 10.3. The normalized spacial score (nSPS) is 12.4. The third-order valence-electron chi connectivity index (χ3n) is 1.13. The summed E-state index contributed by atoms with van der Waals surface area (Å²) in [6.07, 6.45) is -1.68. The fourth-order valence-corrected chi connectivity index (χ4v) is 1.06. The number of amides is 1. The van der Waals surface area contributed by atoms with Crippen LogP contribution >= 0.6 is 0 Å². The largest absolute Gasteiger partial charge is 0.766 e. The van der Waals surface area contributed by atoms with Gasteiger partial charge in [-0.05, 0) is 0 Å². The minimum Gasteiger partial charge on any atom is -0.766 e. The van der Waals surface area contributed by atoms with Crippen LogP contribution in [-0.4, -0.2) is 40.6 Å². The van der Waals surface area contributed by atoms with Crippen molar-refractivity contribution in [1.29, 1.82) is 0 Å². The first-order valence-electron chi connectivity index (χ1n) is 3.03. The van der Waals surface area contributed by atoms with E-state index in [-0.39, 0.29) is 4.68 Å². The van der Waals surface area contributed by atoms with Crippen LogP contribution < -0.4 is 5.73 Å². The third kappa shape index (κ3) is 1.75. The highest BCUT2D eigenvalue weighted by atomic mass is 32.2. The van der Waals surface area contributed by atoms with Gasteiger partial charge in [0.25, 0.3) is 5.91 Å². The Hall–Kier alpha value is -1.81. The van der Waals surface area contributed by atoms with Crippen LogP contribution in [0.25, 0.3) is 0 Å². The Morgan fingerprint density at radius 3 is 2.43 bits per heavy atom. The molecule has 0 saturated carbocycles. The minimum absolute atomic E-state index is 0.0448. The van der Waals surface area contributed by atoms with Gasteiger partial charge in [0, 0.05) is 11.1 Å². The molecule has 76 valence electrons. The zero-order valence-electron chi connectivity index (χ0n) is 6.41. The van der Waals surface area contributed by atoms with Crippen molar-refractivity contribution in [2.45, 2.75) is 5.16 Å². The van der Waals surface area contributed by atoms with Crippen molar-refractivity contribution in [2.24, 2.45) is 5.73 Å². The van der Waals surface area contributed by atoms with Crippen LogP contribution in [0, 0.1) is 0 Å². The maximum Gasteiger partial charge on any atom is 0.434 e. The fraction of sp³-hybridized carbons (Fsp3) is 0. The van der Waals surface area contributed by atoms with Crippen molar-refractivity contribution in [1.82, 2.24) is 14.8 Å². The highest BCUT2D eigenvalue weighted by molar-refractivity contribution is 7.79.